The Morgan fingerprint density at radius 3 is 2.72 bits per heavy atom. The molecule has 0 fully saturated rings. The quantitative estimate of drug-likeness (QED) is 0.685. The average Bonchev–Trinajstić information content (AvgIpc) is 2.28. The topological polar surface area (TPSA) is 96.9 Å². The van der Waals surface area contributed by atoms with Crippen molar-refractivity contribution in [1.29, 1.82) is 0 Å². The van der Waals surface area contributed by atoms with Crippen molar-refractivity contribution in [2.24, 2.45) is 0 Å². The van der Waals surface area contributed by atoms with E-state index in [1.807, 2.05) is 18.5 Å². The van der Waals surface area contributed by atoms with Crippen molar-refractivity contribution in [2.45, 2.75) is 6.92 Å². The number of carboxylic acid groups (broad SMARTS) is 1. The first-order chi connectivity index (χ1) is 8.52. The highest BCUT2D eigenvalue weighted by Gasteiger charge is 2.08. The van der Waals surface area contributed by atoms with Gasteiger partial charge in [0.1, 0.15) is 5.75 Å². The van der Waals surface area contributed by atoms with Crippen LogP contribution in [0, 0.1) is 6.92 Å². The van der Waals surface area contributed by atoms with Crippen LogP contribution in [-0.2, 0) is 9.63 Å². The number of ether oxygens (including phenoxy) is 1. The number of methoxy groups -OCH3 is 1. The largest absolute Gasteiger partial charge is 0.495 e. The maximum Gasteiger partial charge on any atom is 0.343 e. The van der Waals surface area contributed by atoms with E-state index in [0.29, 0.717) is 11.4 Å². The lowest BCUT2D eigenvalue weighted by Crippen LogP contribution is -2.31. The summed E-state index contributed by atoms with van der Waals surface area (Å²) >= 11 is 0. The Morgan fingerprint density at radius 2 is 2.11 bits per heavy atom. The third-order valence-electron chi connectivity index (χ3n) is 1.96. The van der Waals surface area contributed by atoms with E-state index in [-0.39, 0.29) is 0 Å². The second kappa shape index (κ2) is 6.45. The van der Waals surface area contributed by atoms with Crippen LogP contribution in [0.4, 0.5) is 10.5 Å². The summed E-state index contributed by atoms with van der Waals surface area (Å²) in [7, 11) is 1.48. The number of rotatable bonds is 5. The minimum atomic E-state index is -1.18. The number of amides is 2. The normalized spacial score (nSPS) is 9.67. The molecule has 1 rings (SSSR count). The molecule has 7 nitrogen and oxygen atoms in total. The number of aliphatic carboxylic acids is 1. The van der Waals surface area contributed by atoms with Crippen LogP contribution in [0.25, 0.3) is 0 Å². The second-order valence-corrected chi connectivity index (χ2v) is 3.44. The summed E-state index contributed by atoms with van der Waals surface area (Å²) in [6.45, 7) is 1.25. The van der Waals surface area contributed by atoms with E-state index in [4.69, 9.17) is 9.84 Å². The number of carbonyl (C=O) groups excluding carboxylic acids is 1. The fourth-order valence-electron chi connectivity index (χ4n) is 1.23. The summed E-state index contributed by atoms with van der Waals surface area (Å²) in [5, 5.41) is 10.8. The molecule has 0 saturated carbocycles. The van der Waals surface area contributed by atoms with Crippen LogP contribution >= 0.6 is 0 Å². The fourth-order valence-corrected chi connectivity index (χ4v) is 1.23. The zero-order chi connectivity index (χ0) is 13.5. The minimum absolute atomic E-state index is 0.467. The van der Waals surface area contributed by atoms with Gasteiger partial charge >= 0.3 is 12.0 Å². The first-order valence-corrected chi connectivity index (χ1v) is 5.08. The molecule has 7 heteroatoms. The van der Waals surface area contributed by atoms with Crippen molar-refractivity contribution in [3.8, 4) is 5.75 Å². The number of carboxylic acids is 1. The van der Waals surface area contributed by atoms with Crippen molar-refractivity contribution in [2.75, 3.05) is 19.0 Å². The van der Waals surface area contributed by atoms with Gasteiger partial charge in [0.25, 0.3) is 0 Å². The number of hydrogen-bond acceptors (Lipinski definition) is 4. The Balaban J connectivity index is 2.58. The molecule has 2 amide bonds. The van der Waals surface area contributed by atoms with Gasteiger partial charge in [-0.1, -0.05) is 6.07 Å². The predicted molar refractivity (Wildman–Crippen MR) is 63.5 cm³/mol. The third-order valence-corrected chi connectivity index (χ3v) is 1.96. The molecule has 0 saturated heterocycles. The van der Waals surface area contributed by atoms with Crippen molar-refractivity contribution < 1.29 is 24.3 Å². The average molecular weight is 254 g/mol. The number of nitrogens with one attached hydrogen (secondary N) is 2. The zero-order valence-electron chi connectivity index (χ0n) is 10.0. The SMILES string of the molecule is COc1ccc(C)cc1NC(=O)NOCC(=O)O. The summed E-state index contributed by atoms with van der Waals surface area (Å²) in [5.41, 5.74) is 3.36. The standard InChI is InChI=1S/C11H14N2O5/c1-7-3-4-9(17-2)8(5-7)12-11(16)13-18-6-10(14)15/h3-5H,6H2,1-2H3,(H,14,15)(H2,12,13,16). The van der Waals surface area contributed by atoms with Gasteiger partial charge in [-0.15, -0.1) is 0 Å². The molecule has 3 N–H and O–H groups in total. The molecule has 0 aliphatic heterocycles. The summed E-state index contributed by atoms with van der Waals surface area (Å²) in [6.07, 6.45) is 0. The molecule has 0 radical (unpaired) electrons. The van der Waals surface area contributed by atoms with Crippen molar-refractivity contribution >= 4 is 17.7 Å². The van der Waals surface area contributed by atoms with Gasteiger partial charge in [-0.3, -0.25) is 4.84 Å². The summed E-state index contributed by atoms with van der Waals surface area (Å²) in [6, 6.07) is 4.58. The van der Waals surface area contributed by atoms with E-state index in [1.54, 1.807) is 12.1 Å². The molecule has 0 bridgehead atoms. The number of aryl methyl sites for hydroxylation is 1. The highest BCUT2D eigenvalue weighted by molar-refractivity contribution is 5.90. The van der Waals surface area contributed by atoms with Crippen LogP contribution in [0.1, 0.15) is 5.56 Å². The van der Waals surface area contributed by atoms with E-state index in [1.165, 1.54) is 7.11 Å². The van der Waals surface area contributed by atoms with Crippen LogP contribution in [0.5, 0.6) is 5.75 Å². The van der Waals surface area contributed by atoms with Gasteiger partial charge in [0, 0.05) is 0 Å². The third kappa shape index (κ3) is 4.30. The molecule has 0 heterocycles. The lowest BCUT2D eigenvalue weighted by molar-refractivity contribution is -0.143. The van der Waals surface area contributed by atoms with Crippen molar-refractivity contribution in [1.82, 2.24) is 5.48 Å². The molecule has 0 aliphatic rings. The van der Waals surface area contributed by atoms with Crippen LogP contribution in [-0.4, -0.2) is 30.8 Å². The van der Waals surface area contributed by atoms with Gasteiger partial charge in [0.2, 0.25) is 0 Å². The van der Waals surface area contributed by atoms with E-state index in [9.17, 15) is 9.59 Å². The number of benzene rings is 1. The Labute approximate surface area is 104 Å². The minimum Gasteiger partial charge on any atom is -0.495 e. The molecular formula is C11H14N2O5. The van der Waals surface area contributed by atoms with E-state index < -0.39 is 18.6 Å². The second-order valence-electron chi connectivity index (χ2n) is 3.44. The molecule has 1 aromatic carbocycles. The van der Waals surface area contributed by atoms with E-state index >= 15 is 0 Å². The van der Waals surface area contributed by atoms with Gasteiger partial charge < -0.3 is 15.2 Å². The number of urea groups is 1. The molecule has 0 aliphatic carbocycles. The Hall–Kier alpha value is -2.28. The van der Waals surface area contributed by atoms with Gasteiger partial charge in [-0.2, -0.15) is 0 Å². The van der Waals surface area contributed by atoms with E-state index in [2.05, 4.69) is 10.2 Å². The van der Waals surface area contributed by atoms with Crippen LogP contribution < -0.4 is 15.5 Å². The predicted octanol–water partition coefficient (Wildman–Crippen LogP) is 1.14. The highest BCUT2D eigenvalue weighted by Crippen LogP contribution is 2.24. The lowest BCUT2D eigenvalue weighted by Gasteiger charge is -2.11. The Bertz CT molecular complexity index is 447. The number of hydrogen-bond donors (Lipinski definition) is 3. The molecule has 0 atom stereocenters. The van der Waals surface area contributed by atoms with Gasteiger partial charge in [0.15, 0.2) is 6.61 Å². The molecule has 18 heavy (non-hydrogen) atoms. The van der Waals surface area contributed by atoms with Gasteiger partial charge in [-0.05, 0) is 24.6 Å². The lowest BCUT2D eigenvalue weighted by atomic mass is 10.2. The summed E-state index contributed by atoms with van der Waals surface area (Å²) in [4.78, 5) is 26.0. The molecular weight excluding hydrogens is 240 g/mol. The van der Waals surface area contributed by atoms with Crippen molar-refractivity contribution in [3.63, 3.8) is 0 Å². The maximum atomic E-state index is 11.4. The molecule has 0 spiro atoms. The zero-order valence-corrected chi connectivity index (χ0v) is 10.0. The first kappa shape index (κ1) is 13.8. The number of hydroxylamine groups is 1. The monoisotopic (exact) mass is 254 g/mol. The number of anilines is 1. The van der Waals surface area contributed by atoms with Crippen LogP contribution in [0.3, 0.4) is 0 Å². The van der Waals surface area contributed by atoms with Crippen molar-refractivity contribution in [3.05, 3.63) is 23.8 Å². The van der Waals surface area contributed by atoms with Gasteiger partial charge in [-0.25, -0.2) is 15.1 Å². The van der Waals surface area contributed by atoms with Crippen LogP contribution in [0.2, 0.25) is 0 Å². The molecule has 98 valence electrons. The number of carbonyl (C=O) groups is 2. The van der Waals surface area contributed by atoms with Crippen LogP contribution in [0.15, 0.2) is 18.2 Å². The molecule has 0 unspecified atom stereocenters. The Morgan fingerprint density at radius 1 is 1.39 bits per heavy atom. The molecule has 0 aromatic heterocycles. The summed E-state index contributed by atoms with van der Waals surface area (Å²) < 4.78 is 5.07. The van der Waals surface area contributed by atoms with E-state index in [0.717, 1.165) is 5.56 Å². The smallest absolute Gasteiger partial charge is 0.343 e. The highest BCUT2D eigenvalue weighted by atomic mass is 16.7. The summed E-state index contributed by atoms with van der Waals surface area (Å²) in [5.74, 6) is -0.683. The molecule has 1 aromatic rings. The van der Waals surface area contributed by atoms with Gasteiger partial charge in [0.05, 0.1) is 12.8 Å². The Kier molecular flexibility index (Phi) is 4.94. The first-order valence-electron chi connectivity index (χ1n) is 5.08. The maximum absolute atomic E-state index is 11.4. The fraction of sp³-hybridized carbons (Fsp3) is 0.273.